The van der Waals surface area contributed by atoms with Crippen molar-refractivity contribution in [1.29, 1.82) is 0 Å². The topological polar surface area (TPSA) is 51.8 Å². The highest BCUT2D eigenvalue weighted by atomic mass is 16.3. The number of para-hydroxylation sites is 1. The smallest absolute Gasteiger partial charge is 0.164 e. The average Bonchev–Trinajstić information content (AvgIpc) is 3.66. The van der Waals surface area contributed by atoms with E-state index in [1.165, 1.54) is 0 Å². The van der Waals surface area contributed by atoms with E-state index in [1.807, 2.05) is 48.5 Å². The minimum atomic E-state index is -0.502. The fourth-order valence-electron chi connectivity index (χ4n) is 5.68. The Kier molecular flexibility index (Phi) is 4.13. The lowest BCUT2D eigenvalue weighted by molar-refractivity contribution is 0.669. The van der Waals surface area contributed by atoms with Crippen molar-refractivity contribution in [3.05, 3.63) is 164 Å². The van der Waals surface area contributed by atoms with E-state index in [-0.39, 0.29) is 63.1 Å². The molecule has 0 aliphatic heterocycles. The number of hydrogen-bond donors (Lipinski definition) is 0. The minimum Gasteiger partial charge on any atom is -0.456 e. The zero-order chi connectivity index (χ0) is 41.6. The molecule has 0 atom stereocenters. The second-order valence-electron chi connectivity index (χ2n) is 10.8. The molecule has 0 aliphatic rings. The van der Waals surface area contributed by atoms with E-state index in [4.69, 9.17) is 35.8 Å². The Bertz CT molecular complexity index is 3230. The van der Waals surface area contributed by atoms with Gasteiger partial charge in [-0.2, -0.15) is 0 Å². The quantitative estimate of drug-likeness (QED) is 0.194. The van der Waals surface area contributed by atoms with Gasteiger partial charge >= 0.3 is 0 Å². The lowest BCUT2D eigenvalue weighted by Crippen LogP contribution is -2.00. The van der Waals surface area contributed by atoms with E-state index in [0.717, 1.165) is 16.3 Å². The van der Waals surface area contributed by atoms with Gasteiger partial charge in [-0.15, -0.1) is 0 Å². The zero-order valence-corrected chi connectivity index (χ0v) is 24.4. The predicted molar refractivity (Wildman–Crippen MR) is 192 cm³/mol. The van der Waals surface area contributed by atoms with Gasteiger partial charge in [0.05, 0.1) is 16.4 Å². The number of nitrogens with zero attached hydrogens (tertiary/aromatic N) is 3. The third kappa shape index (κ3) is 4.93. The molecule has 4 nitrogen and oxygen atoms in total. The Morgan fingerprint density at radius 3 is 1.85 bits per heavy atom. The van der Waals surface area contributed by atoms with Crippen LogP contribution in [0, 0.1) is 0 Å². The van der Waals surface area contributed by atoms with Crippen molar-refractivity contribution >= 4 is 32.7 Å². The minimum absolute atomic E-state index is 0.0129. The van der Waals surface area contributed by atoms with Crippen LogP contribution in [0.25, 0.3) is 89.1 Å². The molecule has 0 unspecified atom stereocenters. The van der Waals surface area contributed by atoms with Crippen LogP contribution in [0.2, 0.25) is 0 Å². The maximum atomic E-state index is 9.01. The van der Waals surface area contributed by atoms with Crippen LogP contribution in [-0.2, 0) is 0 Å². The number of rotatable bonds is 5. The van der Waals surface area contributed by atoms with Gasteiger partial charge in [-0.1, -0.05) is 133 Å². The highest BCUT2D eigenvalue weighted by Crippen LogP contribution is 2.38. The second kappa shape index (κ2) is 11.2. The van der Waals surface area contributed by atoms with Crippen LogP contribution in [0.5, 0.6) is 0 Å². The van der Waals surface area contributed by atoms with E-state index in [9.17, 15) is 0 Å². The molecule has 0 spiro atoms. The van der Waals surface area contributed by atoms with E-state index in [2.05, 4.69) is 0 Å². The van der Waals surface area contributed by atoms with E-state index < -0.39 is 48.3 Å². The highest BCUT2D eigenvalue weighted by Gasteiger charge is 2.16. The molecule has 0 amide bonds. The number of hydrogen-bond acceptors (Lipinski definition) is 4. The van der Waals surface area contributed by atoms with E-state index >= 15 is 0 Å². The van der Waals surface area contributed by atoms with Crippen molar-refractivity contribution in [1.82, 2.24) is 15.0 Å². The highest BCUT2D eigenvalue weighted by molar-refractivity contribution is 6.12. The molecule has 0 radical (unpaired) electrons. The van der Waals surface area contributed by atoms with Crippen LogP contribution in [0.3, 0.4) is 0 Å². The first-order valence-electron chi connectivity index (χ1n) is 20.7. The van der Waals surface area contributed by atoms with Gasteiger partial charge in [-0.25, -0.2) is 15.0 Å². The summed E-state index contributed by atoms with van der Waals surface area (Å²) in [6, 6.07) is 22.3. The monoisotopic (exact) mass is 613 g/mol. The fourth-order valence-corrected chi connectivity index (χ4v) is 5.68. The predicted octanol–water partition coefficient (Wildman–Crippen LogP) is 11.3. The molecular weight excluding hydrogens is 574 g/mol. The van der Waals surface area contributed by atoms with Crippen LogP contribution >= 0.6 is 0 Å². The number of furan rings is 1. The standard InChI is InChI=1S/C43H27N3O/c1-3-11-28(12-4-1)30-21-22-32-26-35(24-23-31(32)25-30)43-45-41(29-13-5-2-6-14-29)44-42(46-43)34-16-9-15-33(27-34)36-18-10-20-39-40(36)37-17-7-8-19-38(37)47-39/h1-27H/i1D,3D,4D,7D,8D,10D,11D,12D,17D,18D,19D,20D. The maximum Gasteiger partial charge on any atom is 0.164 e. The van der Waals surface area contributed by atoms with Gasteiger partial charge < -0.3 is 4.42 Å². The summed E-state index contributed by atoms with van der Waals surface area (Å²) >= 11 is 0. The molecule has 9 rings (SSSR count). The summed E-state index contributed by atoms with van der Waals surface area (Å²) in [6.07, 6.45) is 0. The molecule has 2 heterocycles. The molecule has 220 valence electrons. The molecule has 7 aromatic carbocycles. The molecule has 9 aromatic rings. The summed E-state index contributed by atoms with van der Waals surface area (Å²) in [4.78, 5) is 14.6. The first-order chi connectivity index (χ1) is 28.2. The largest absolute Gasteiger partial charge is 0.456 e. The number of benzene rings is 7. The molecule has 0 aliphatic carbocycles. The Morgan fingerprint density at radius 2 is 1.04 bits per heavy atom. The van der Waals surface area contributed by atoms with Crippen molar-refractivity contribution in [2.24, 2.45) is 0 Å². The lowest BCUT2D eigenvalue weighted by atomic mass is 9.97. The summed E-state index contributed by atoms with van der Waals surface area (Å²) in [5.41, 5.74) is 2.72. The van der Waals surface area contributed by atoms with Crippen LogP contribution in [0.15, 0.2) is 168 Å². The summed E-state index contributed by atoms with van der Waals surface area (Å²) in [7, 11) is 0. The SMILES string of the molecule is [2H]c1c([2H])c([2H])c(-c2ccc3cc(-c4nc(-c5ccccc5)nc(-c5cccc(-c6c([2H])c([2H])c([2H])c7oc8c([2H])c([2H])c([2H])c([2H])c8c67)c5)n4)ccc3c2)c([2H])c1[2H]. The van der Waals surface area contributed by atoms with Crippen LogP contribution in [0.1, 0.15) is 16.4 Å². The van der Waals surface area contributed by atoms with Gasteiger partial charge in [-0.3, -0.25) is 0 Å². The maximum absolute atomic E-state index is 9.01. The molecule has 4 heteroatoms. The number of aromatic nitrogens is 3. The van der Waals surface area contributed by atoms with Gasteiger partial charge in [0.2, 0.25) is 0 Å². The van der Waals surface area contributed by atoms with Crippen LogP contribution in [-0.4, -0.2) is 15.0 Å². The Morgan fingerprint density at radius 1 is 0.426 bits per heavy atom. The third-order valence-electron chi connectivity index (χ3n) is 7.91. The Balaban J connectivity index is 1.21. The molecule has 2 aromatic heterocycles. The summed E-state index contributed by atoms with van der Waals surface area (Å²) < 4.78 is 107. The van der Waals surface area contributed by atoms with Crippen LogP contribution in [0.4, 0.5) is 0 Å². The molecule has 0 fully saturated rings. The van der Waals surface area contributed by atoms with Gasteiger partial charge in [0, 0.05) is 27.5 Å². The normalized spacial score (nSPS) is 15.0. The van der Waals surface area contributed by atoms with E-state index in [0.29, 0.717) is 33.9 Å². The van der Waals surface area contributed by atoms with Crippen molar-refractivity contribution in [2.75, 3.05) is 0 Å². The van der Waals surface area contributed by atoms with Crippen molar-refractivity contribution < 1.29 is 20.9 Å². The summed E-state index contributed by atoms with van der Waals surface area (Å²) in [6.45, 7) is 0. The molecular formula is C43H27N3O. The average molecular weight is 614 g/mol. The van der Waals surface area contributed by atoms with Crippen molar-refractivity contribution in [3.63, 3.8) is 0 Å². The molecule has 47 heavy (non-hydrogen) atoms. The van der Waals surface area contributed by atoms with Gasteiger partial charge in [0.15, 0.2) is 17.5 Å². The first-order valence-corrected chi connectivity index (χ1v) is 14.7. The summed E-state index contributed by atoms with van der Waals surface area (Å²) in [5, 5.41) is 1.68. The second-order valence-corrected chi connectivity index (χ2v) is 10.8. The molecule has 0 N–H and O–H groups in total. The van der Waals surface area contributed by atoms with E-state index in [1.54, 1.807) is 42.5 Å². The van der Waals surface area contributed by atoms with Gasteiger partial charge in [-0.05, 0) is 63.3 Å². The van der Waals surface area contributed by atoms with Gasteiger partial charge in [0.25, 0.3) is 0 Å². The number of fused-ring (bicyclic) bond motifs is 4. The fraction of sp³-hybridized carbons (Fsp3) is 0. The Hall–Kier alpha value is -6.39. The van der Waals surface area contributed by atoms with Crippen molar-refractivity contribution in [3.8, 4) is 56.4 Å². The van der Waals surface area contributed by atoms with Crippen LogP contribution < -0.4 is 0 Å². The Labute approximate surface area is 288 Å². The molecule has 0 saturated carbocycles. The zero-order valence-electron chi connectivity index (χ0n) is 36.4. The van der Waals surface area contributed by atoms with Gasteiger partial charge in [0.1, 0.15) is 11.2 Å². The first kappa shape index (κ1) is 17.3. The molecule has 0 saturated heterocycles. The van der Waals surface area contributed by atoms with Crippen molar-refractivity contribution in [2.45, 2.75) is 0 Å². The summed E-state index contributed by atoms with van der Waals surface area (Å²) in [5.74, 6) is 0.987. The lowest BCUT2D eigenvalue weighted by Gasteiger charge is -2.11. The third-order valence-corrected chi connectivity index (χ3v) is 7.91. The molecule has 0 bridgehead atoms.